The first kappa shape index (κ1) is 8.73. The van der Waals surface area contributed by atoms with Gasteiger partial charge in [0.2, 0.25) is 0 Å². The lowest BCUT2D eigenvalue weighted by atomic mass is 9.79. The van der Waals surface area contributed by atoms with Gasteiger partial charge in [-0.25, -0.2) is 0 Å². The number of aryl methyl sites for hydroxylation is 1. The molecule has 0 atom stereocenters. The summed E-state index contributed by atoms with van der Waals surface area (Å²) in [4.78, 5) is 2.38. The van der Waals surface area contributed by atoms with Crippen molar-refractivity contribution in [3.63, 3.8) is 0 Å². The lowest BCUT2D eigenvalue weighted by Gasteiger charge is -2.35. The highest BCUT2D eigenvalue weighted by Crippen LogP contribution is 2.45. The molecule has 2 rings (SSSR count). The molecule has 0 aromatic carbocycles. The molecule has 1 fully saturated rings. The van der Waals surface area contributed by atoms with Crippen LogP contribution in [-0.4, -0.2) is 5.11 Å². The average molecular weight is 247 g/mol. The van der Waals surface area contributed by atoms with Gasteiger partial charge in [0.05, 0.1) is 5.60 Å². The van der Waals surface area contributed by atoms with E-state index in [9.17, 15) is 5.11 Å². The smallest absolute Gasteiger partial charge is 0.0988 e. The molecule has 1 aliphatic carbocycles. The van der Waals surface area contributed by atoms with Crippen LogP contribution in [-0.2, 0) is 5.60 Å². The summed E-state index contributed by atoms with van der Waals surface area (Å²) in [6, 6.07) is 2.05. The Morgan fingerprint density at radius 3 is 2.58 bits per heavy atom. The molecule has 12 heavy (non-hydrogen) atoms. The zero-order chi connectivity index (χ0) is 8.77. The third-order valence-electron chi connectivity index (χ3n) is 2.50. The molecule has 1 saturated carbocycles. The van der Waals surface area contributed by atoms with Gasteiger partial charge in [-0.15, -0.1) is 11.3 Å². The largest absolute Gasteiger partial charge is 0.384 e. The van der Waals surface area contributed by atoms with Gasteiger partial charge in [-0.3, -0.25) is 0 Å². The quantitative estimate of drug-likeness (QED) is 0.808. The average Bonchev–Trinajstić information content (AvgIpc) is 2.28. The van der Waals surface area contributed by atoms with E-state index in [4.69, 9.17) is 0 Å². The van der Waals surface area contributed by atoms with Crippen molar-refractivity contribution in [3.8, 4) is 0 Å². The first-order valence-corrected chi connectivity index (χ1v) is 5.71. The number of hydrogen-bond acceptors (Lipinski definition) is 2. The molecule has 0 radical (unpaired) electrons. The highest BCUT2D eigenvalue weighted by Gasteiger charge is 2.37. The van der Waals surface area contributed by atoms with Gasteiger partial charge < -0.3 is 5.11 Å². The summed E-state index contributed by atoms with van der Waals surface area (Å²) in [7, 11) is 0. The molecule has 1 aromatic heterocycles. The zero-order valence-electron chi connectivity index (χ0n) is 6.93. The summed E-state index contributed by atoms with van der Waals surface area (Å²) in [6.07, 6.45) is 3.02. The molecule has 1 aliphatic rings. The van der Waals surface area contributed by atoms with Gasteiger partial charge in [-0.05, 0) is 48.2 Å². The van der Waals surface area contributed by atoms with Gasteiger partial charge in [0.1, 0.15) is 0 Å². The van der Waals surface area contributed by atoms with Crippen molar-refractivity contribution < 1.29 is 5.11 Å². The summed E-state index contributed by atoms with van der Waals surface area (Å²) < 4.78 is 1.13. The van der Waals surface area contributed by atoms with Crippen molar-refractivity contribution in [2.75, 3.05) is 0 Å². The third kappa shape index (κ3) is 1.24. The topological polar surface area (TPSA) is 20.2 Å². The highest BCUT2D eigenvalue weighted by atomic mass is 79.9. The molecule has 1 heterocycles. The monoisotopic (exact) mass is 246 g/mol. The van der Waals surface area contributed by atoms with Crippen LogP contribution in [0.2, 0.25) is 0 Å². The summed E-state index contributed by atoms with van der Waals surface area (Å²) in [6.45, 7) is 2.07. The maximum atomic E-state index is 10.0. The Bertz CT molecular complexity index is 282. The van der Waals surface area contributed by atoms with Gasteiger partial charge in [-0.1, -0.05) is 0 Å². The van der Waals surface area contributed by atoms with Crippen molar-refractivity contribution in [1.82, 2.24) is 0 Å². The van der Waals surface area contributed by atoms with E-state index in [0.717, 1.165) is 28.6 Å². The SMILES string of the molecule is Cc1sc(C2(O)CCC2)cc1Br. The van der Waals surface area contributed by atoms with Gasteiger partial charge in [0.15, 0.2) is 0 Å². The van der Waals surface area contributed by atoms with Gasteiger partial charge in [0.25, 0.3) is 0 Å². The Kier molecular flexibility index (Phi) is 2.05. The van der Waals surface area contributed by atoms with E-state index in [-0.39, 0.29) is 0 Å². The molecule has 1 aromatic rings. The maximum Gasteiger partial charge on any atom is 0.0988 e. The molecular formula is C9H11BrOS. The summed E-state index contributed by atoms with van der Waals surface area (Å²) in [5.74, 6) is 0. The summed E-state index contributed by atoms with van der Waals surface area (Å²) >= 11 is 5.16. The van der Waals surface area contributed by atoms with Crippen LogP contribution in [0.4, 0.5) is 0 Å². The fourth-order valence-corrected chi connectivity index (χ4v) is 3.13. The maximum absolute atomic E-state index is 10.0. The molecule has 0 bridgehead atoms. The minimum Gasteiger partial charge on any atom is -0.384 e. The Morgan fingerprint density at radius 2 is 2.25 bits per heavy atom. The molecule has 0 spiro atoms. The zero-order valence-corrected chi connectivity index (χ0v) is 9.33. The van der Waals surface area contributed by atoms with Gasteiger partial charge in [-0.2, -0.15) is 0 Å². The minimum absolute atomic E-state index is 0.485. The fourth-order valence-electron chi connectivity index (χ4n) is 1.45. The van der Waals surface area contributed by atoms with Crippen molar-refractivity contribution in [2.24, 2.45) is 0 Å². The highest BCUT2D eigenvalue weighted by molar-refractivity contribution is 9.10. The van der Waals surface area contributed by atoms with E-state index in [1.54, 1.807) is 11.3 Å². The van der Waals surface area contributed by atoms with Crippen LogP contribution in [0.15, 0.2) is 10.5 Å². The molecule has 0 amide bonds. The van der Waals surface area contributed by atoms with Crippen LogP contribution < -0.4 is 0 Å². The van der Waals surface area contributed by atoms with Gasteiger partial charge in [0, 0.05) is 14.2 Å². The van der Waals surface area contributed by atoms with Crippen molar-refractivity contribution >= 4 is 27.3 Å². The number of halogens is 1. The van der Waals surface area contributed by atoms with E-state index in [1.165, 1.54) is 4.88 Å². The van der Waals surface area contributed by atoms with Crippen molar-refractivity contribution in [1.29, 1.82) is 0 Å². The van der Waals surface area contributed by atoms with E-state index >= 15 is 0 Å². The fraction of sp³-hybridized carbons (Fsp3) is 0.556. The number of thiophene rings is 1. The molecule has 1 N–H and O–H groups in total. The van der Waals surface area contributed by atoms with Crippen LogP contribution in [0.5, 0.6) is 0 Å². The first-order chi connectivity index (χ1) is 5.62. The molecule has 66 valence electrons. The third-order valence-corrected chi connectivity index (χ3v) is 4.83. The predicted octanol–water partition coefficient (Wildman–Crippen LogP) is 3.19. The summed E-state index contributed by atoms with van der Waals surface area (Å²) in [5, 5.41) is 10.0. The second-order valence-corrected chi connectivity index (χ2v) is 5.51. The second kappa shape index (κ2) is 2.82. The van der Waals surface area contributed by atoms with Crippen LogP contribution in [0.25, 0.3) is 0 Å². The van der Waals surface area contributed by atoms with E-state index < -0.39 is 5.60 Å². The van der Waals surface area contributed by atoms with Crippen LogP contribution >= 0.6 is 27.3 Å². The predicted molar refractivity (Wildman–Crippen MR) is 54.5 cm³/mol. The van der Waals surface area contributed by atoms with Crippen molar-refractivity contribution in [3.05, 3.63) is 20.3 Å². The second-order valence-electron chi connectivity index (χ2n) is 3.40. The molecule has 0 saturated heterocycles. The van der Waals surface area contributed by atoms with E-state index in [1.807, 2.05) is 0 Å². The first-order valence-electron chi connectivity index (χ1n) is 4.11. The van der Waals surface area contributed by atoms with Crippen molar-refractivity contribution in [2.45, 2.75) is 31.8 Å². The lowest BCUT2D eigenvalue weighted by molar-refractivity contribution is -0.0354. The summed E-state index contributed by atoms with van der Waals surface area (Å²) in [5.41, 5.74) is -0.485. The Balaban J connectivity index is 2.34. The van der Waals surface area contributed by atoms with E-state index in [2.05, 4.69) is 28.9 Å². The molecule has 1 nitrogen and oxygen atoms in total. The Morgan fingerprint density at radius 1 is 1.58 bits per heavy atom. The molecule has 0 aliphatic heterocycles. The number of aliphatic hydroxyl groups is 1. The van der Waals surface area contributed by atoms with Gasteiger partial charge >= 0.3 is 0 Å². The molecule has 0 unspecified atom stereocenters. The normalized spacial score (nSPS) is 20.6. The Hall–Kier alpha value is 0.140. The Labute approximate surface area is 84.6 Å². The van der Waals surface area contributed by atoms with Crippen LogP contribution in [0.1, 0.15) is 29.0 Å². The van der Waals surface area contributed by atoms with E-state index in [0.29, 0.717) is 0 Å². The molecular weight excluding hydrogens is 236 g/mol. The lowest BCUT2D eigenvalue weighted by Crippen LogP contribution is -2.32. The van der Waals surface area contributed by atoms with Crippen LogP contribution in [0, 0.1) is 6.92 Å². The number of hydrogen-bond donors (Lipinski definition) is 1. The number of rotatable bonds is 1. The minimum atomic E-state index is -0.485. The standard InChI is InChI=1S/C9H11BrOS/c1-6-7(10)5-8(12-6)9(11)3-2-4-9/h5,11H,2-4H2,1H3. The van der Waals surface area contributed by atoms with Crippen LogP contribution in [0.3, 0.4) is 0 Å². The molecule has 3 heteroatoms.